The second kappa shape index (κ2) is 9.49. The van der Waals surface area contributed by atoms with Crippen LogP contribution in [-0.4, -0.2) is 58.2 Å². The van der Waals surface area contributed by atoms with Crippen LogP contribution in [0.1, 0.15) is 39.8 Å². The number of aliphatic hydroxyl groups is 1. The molecular formula is C30H26O11. The van der Waals surface area contributed by atoms with Gasteiger partial charge in [-0.3, -0.25) is 0 Å². The van der Waals surface area contributed by atoms with Crippen molar-refractivity contribution in [3.63, 3.8) is 0 Å². The van der Waals surface area contributed by atoms with Gasteiger partial charge in [0.15, 0.2) is 23.0 Å². The van der Waals surface area contributed by atoms with Gasteiger partial charge in [0, 0.05) is 47.7 Å². The maximum atomic E-state index is 11.2. The van der Waals surface area contributed by atoms with E-state index in [-0.39, 0.29) is 70.2 Å². The van der Waals surface area contributed by atoms with Crippen LogP contribution in [0.2, 0.25) is 0 Å². The molecule has 0 bridgehead atoms. The molecule has 2 heterocycles. The number of rotatable bonds is 4. The van der Waals surface area contributed by atoms with E-state index in [0.717, 1.165) is 12.1 Å². The van der Waals surface area contributed by atoms with Gasteiger partial charge in [0.1, 0.15) is 46.7 Å². The molecule has 4 unspecified atom stereocenters. The summed E-state index contributed by atoms with van der Waals surface area (Å²) in [5, 5.41) is 92.6. The summed E-state index contributed by atoms with van der Waals surface area (Å²) in [6.45, 7) is 0. The lowest BCUT2D eigenvalue weighted by Gasteiger charge is -2.32. The highest BCUT2D eigenvalue weighted by Crippen LogP contribution is 2.55. The number of phenols is 8. The van der Waals surface area contributed by atoms with Crippen LogP contribution in [-0.2, 0) is 12.8 Å². The van der Waals surface area contributed by atoms with Gasteiger partial charge in [0.25, 0.3) is 0 Å². The van der Waals surface area contributed by atoms with Crippen molar-refractivity contribution < 1.29 is 55.4 Å². The maximum Gasteiger partial charge on any atom is 0.157 e. The number of aromatic hydroxyl groups is 8. The topological polar surface area (TPSA) is 201 Å². The average Bonchev–Trinajstić information content (AvgIpc) is 3.30. The number of hydrogen-bond acceptors (Lipinski definition) is 11. The molecule has 2 aliphatic heterocycles. The molecule has 41 heavy (non-hydrogen) atoms. The molecule has 0 spiro atoms. The Balaban J connectivity index is 1.45. The zero-order chi connectivity index (χ0) is 29.2. The first-order chi connectivity index (χ1) is 19.5. The highest BCUT2D eigenvalue weighted by Gasteiger charge is 2.44. The lowest BCUT2D eigenvalue weighted by atomic mass is 9.83. The summed E-state index contributed by atoms with van der Waals surface area (Å²) in [7, 11) is 0. The Kier molecular flexibility index (Phi) is 6.04. The summed E-state index contributed by atoms with van der Waals surface area (Å²) in [6.07, 6.45) is -2.97. The van der Waals surface area contributed by atoms with Crippen LogP contribution in [0.3, 0.4) is 0 Å². The molecule has 2 aliphatic rings. The van der Waals surface area contributed by atoms with Gasteiger partial charge in [0.05, 0.1) is 12.0 Å². The molecule has 0 amide bonds. The van der Waals surface area contributed by atoms with E-state index >= 15 is 0 Å². The predicted octanol–water partition coefficient (Wildman–Crippen LogP) is 3.50. The summed E-state index contributed by atoms with van der Waals surface area (Å²) < 4.78 is 12.4. The van der Waals surface area contributed by atoms with Crippen molar-refractivity contribution in [3.8, 4) is 57.5 Å². The number of ether oxygens (including phenoxy) is 2. The Morgan fingerprint density at radius 1 is 0.634 bits per heavy atom. The predicted molar refractivity (Wildman–Crippen MR) is 142 cm³/mol. The third-order valence-corrected chi connectivity index (χ3v) is 7.61. The van der Waals surface area contributed by atoms with Crippen molar-refractivity contribution in [2.45, 2.75) is 37.1 Å². The van der Waals surface area contributed by atoms with Crippen LogP contribution in [0.4, 0.5) is 0 Å². The number of aliphatic hydroxyl groups excluding tert-OH is 1. The maximum absolute atomic E-state index is 11.2. The first-order valence-electron chi connectivity index (χ1n) is 12.7. The van der Waals surface area contributed by atoms with Crippen molar-refractivity contribution >= 4 is 0 Å². The average molecular weight is 563 g/mol. The fourth-order valence-electron chi connectivity index (χ4n) is 5.67. The van der Waals surface area contributed by atoms with E-state index in [0.29, 0.717) is 22.3 Å². The van der Waals surface area contributed by atoms with Gasteiger partial charge >= 0.3 is 0 Å². The summed E-state index contributed by atoms with van der Waals surface area (Å²) in [4.78, 5) is 0. The first kappa shape index (κ1) is 26.1. The molecule has 4 aromatic rings. The van der Waals surface area contributed by atoms with Crippen LogP contribution in [0.5, 0.6) is 57.5 Å². The third kappa shape index (κ3) is 4.36. The molecule has 6 rings (SSSR count). The minimum atomic E-state index is -1.11. The van der Waals surface area contributed by atoms with E-state index in [2.05, 4.69) is 0 Å². The Bertz CT molecular complexity index is 1660. The molecule has 11 nitrogen and oxygen atoms in total. The van der Waals surface area contributed by atoms with Gasteiger partial charge in [-0.1, -0.05) is 12.1 Å². The van der Waals surface area contributed by atoms with E-state index in [9.17, 15) is 46.0 Å². The quantitative estimate of drug-likeness (QED) is 0.165. The molecule has 0 aromatic heterocycles. The summed E-state index contributed by atoms with van der Waals surface area (Å²) in [5.41, 5.74) is 1.68. The normalized spacial score (nSPS) is 21.0. The van der Waals surface area contributed by atoms with Gasteiger partial charge < -0.3 is 55.4 Å². The minimum Gasteiger partial charge on any atom is -0.508 e. The van der Waals surface area contributed by atoms with Crippen LogP contribution in [0.25, 0.3) is 0 Å². The number of hydrogen-bond donors (Lipinski definition) is 9. The SMILES string of the molecule is Oc1cc(O)c(CC2Oc3c4c(cc(O)c3C2c2ccc(O)c(O)c2)OC(c2ccc(O)c(O)c2)C(O)C4)c(O)c1. The zero-order valence-corrected chi connectivity index (χ0v) is 21.3. The van der Waals surface area contributed by atoms with E-state index < -0.39 is 30.0 Å². The highest BCUT2D eigenvalue weighted by atomic mass is 16.5. The molecule has 11 heteroatoms. The second-order valence-electron chi connectivity index (χ2n) is 10.2. The van der Waals surface area contributed by atoms with Gasteiger partial charge in [0.2, 0.25) is 0 Å². The monoisotopic (exact) mass is 562 g/mol. The number of phenolic OH excluding ortho intramolecular Hbond substituents is 8. The summed E-state index contributed by atoms with van der Waals surface area (Å²) in [5.74, 6) is -3.11. The van der Waals surface area contributed by atoms with Gasteiger partial charge in [-0.15, -0.1) is 0 Å². The largest absolute Gasteiger partial charge is 0.508 e. The lowest BCUT2D eigenvalue weighted by Crippen LogP contribution is -2.30. The molecule has 0 saturated carbocycles. The smallest absolute Gasteiger partial charge is 0.157 e. The molecule has 212 valence electrons. The standard InChI is InChI=1S/C30H26O11/c31-14-7-19(34)15(20(35)8-14)10-26-27(12-1-3-17(32)21(36)5-12)28-23(38)11-25-16(30(28)41-26)9-24(39)29(40-25)13-2-4-18(33)22(37)6-13/h1-8,11,24,26-27,29,31-39H,9-10H2. The Morgan fingerprint density at radius 2 is 1.24 bits per heavy atom. The van der Waals surface area contributed by atoms with Gasteiger partial charge in [-0.2, -0.15) is 0 Å². The second-order valence-corrected chi connectivity index (χ2v) is 10.2. The van der Waals surface area contributed by atoms with Gasteiger partial charge in [-0.05, 0) is 35.4 Å². The Morgan fingerprint density at radius 3 is 1.88 bits per heavy atom. The number of benzene rings is 4. The van der Waals surface area contributed by atoms with E-state index in [1.165, 1.54) is 36.4 Å². The van der Waals surface area contributed by atoms with Crippen molar-refractivity contribution in [1.29, 1.82) is 0 Å². The lowest BCUT2D eigenvalue weighted by molar-refractivity contribution is 0.0193. The fraction of sp³-hybridized carbons (Fsp3) is 0.200. The van der Waals surface area contributed by atoms with E-state index in [1.807, 2.05) is 0 Å². The van der Waals surface area contributed by atoms with Crippen molar-refractivity contribution in [2.75, 3.05) is 0 Å². The molecule has 4 atom stereocenters. The minimum absolute atomic E-state index is 0.0280. The molecule has 4 aromatic carbocycles. The molecule has 0 radical (unpaired) electrons. The Hall–Kier alpha value is -5.16. The first-order valence-corrected chi connectivity index (χ1v) is 12.7. The van der Waals surface area contributed by atoms with Crippen LogP contribution < -0.4 is 9.47 Å². The summed E-state index contributed by atoms with van der Waals surface area (Å²) in [6, 6.07) is 11.7. The van der Waals surface area contributed by atoms with Crippen molar-refractivity contribution in [3.05, 3.63) is 82.4 Å². The fourth-order valence-corrected chi connectivity index (χ4v) is 5.67. The van der Waals surface area contributed by atoms with Crippen LogP contribution in [0.15, 0.2) is 54.6 Å². The summed E-state index contributed by atoms with van der Waals surface area (Å²) >= 11 is 0. The van der Waals surface area contributed by atoms with Crippen molar-refractivity contribution in [1.82, 2.24) is 0 Å². The highest BCUT2D eigenvalue weighted by molar-refractivity contribution is 5.65. The van der Waals surface area contributed by atoms with Crippen LogP contribution in [0, 0.1) is 0 Å². The third-order valence-electron chi connectivity index (χ3n) is 7.61. The molecule has 0 saturated heterocycles. The molecule has 9 N–H and O–H groups in total. The van der Waals surface area contributed by atoms with E-state index in [4.69, 9.17) is 9.47 Å². The van der Waals surface area contributed by atoms with E-state index in [1.54, 1.807) is 6.07 Å². The molecule has 0 aliphatic carbocycles. The molecule has 0 fully saturated rings. The molecular weight excluding hydrogens is 536 g/mol. The number of fused-ring (bicyclic) bond motifs is 3. The van der Waals surface area contributed by atoms with Gasteiger partial charge in [-0.25, -0.2) is 0 Å². The Labute approximate surface area is 232 Å². The zero-order valence-electron chi connectivity index (χ0n) is 21.3. The van der Waals surface area contributed by atoms with Crippen molar-refractivity contribution in [2.24, 2.45) is 0 Å². The van der Waals surface area contributed by atoms with Crippen LogP contribution >= 0.6 is 0 Å².